The summed E-state index contributed by atoms with van der Waals surface area (Å²) in [5.41, 5.74) is 9.90. The number of rotatable bonds is 7. The smallest absolute Gasteiger partial charge is 0.359 e. The molecule has 1 amide bonds. The van der Waals surface area contributed by atoms with Crippen LogP contribution in [0.2, 0.25) is 0 Å². The van der Waals surface area contributed by atoms with Crippen molar-refractivity contribution in [3.63, 3.8) is 0 Å². The van der Waals surface area contributed by atoms with E-state index in [1.807, 2.05) is 12.1 Å². The molecule has 1 aromatic heterocycles. The first-order valence-electron chi connectivity index (χ1n) is 11.2. The Labute approximate surface area is 196 Å². The number of hydrogen-bond donors (Lipinski definition) is 2. The highest BCUT2D eigenvalue weighted by Gasteiger charge is 2.30. The van der Waals surface area contributed by atoms with Gasteiger partial charge < -0.3 is 20.5 Å². The van der Waals surface area contributed by atoms with Crippen molar-refractivity contribution in [3.05, 3.63) is 76.4 Å². The summed E-state index contributed by atoms with van der Waals surface area (Å²) in [4.78, 5) is 25.1. The van der Waals surface area contributed by atoms with Gasteiger partial charge in [-0.2, -0.15) is 5.10 Å². The van der Waals surface area contributed by atoms with Gasteiger partial charge in [0, 0.05) is 24.6 Å². The third-order valence-electron chi connectivity index (χ3n) is 5.81. The van der Waals surface area contributed by atoms with Crippen LogP contribution in [0.5, 0.6) is 0 Å². The van der Waals surface area contributed by atoms with Gasteiger partial charge in [-0.3, -0.25) is 4.79 Å². The fourth-order valence-electron chi connectivity index (χ4n) is 3.95. The lowest BCUT2D eigenvalue weighted by Gasteiger charge is -2.10. The molecule has 4 rings (SSSR count). The summed E-state index contributed by atoms with van der Waals surface area (Å²) in [6.45, 7) is 5.09. The molecule has 0 saturated carbocycles. The molecular weight excluding hydrogens is 439 g/mol. The van der Waals surface area contributed by atoms with Crippen molar-refractivity contribution in [2.45, 2.75) is 32.7 Å². The highest BCUT2D eigenvalue weighted by atomic mass is 19.1. The van der Waals surface area contributed by atoms with E-state index in [0.717, 1.165) is 12.0 Å². The number of carbonyl (C=O) groups excluding carboxylic acids is 2. The van der Waals surface area contributed by atoms with Gasteiger partial charge in [0.25, 0.3) is 5.91 Å². The Morgan fingerprint density at radius 2 is 2.03 bits per heavy atom. The van der Waals surface area contributed by atoms with Crippen molar-refractivity contribution >= 4 is 17.6 Å². The van der Waals surface area contributed by atoms with Gasteiger partial charge in [0.2, 0.25) is 0 Å². The van der Waals surface area contributed by atoms with Crippen LogP contribution >= 0.6 is 0 Å². The number of hydrogen-bond acceptors (Lipinski definition) is 6. The molecule has 1 saturated heterocycles. The maximum absolute atomic E-state index is 13.5. The summed E-state index contributed by atoms with van der Waals surface area (Å²) in [7, 11) is 0. The summed E-state index contributed by atoms with van der Waals surface area (Å²) in [6.07, 6.45) is 0.785. The predicted molar refractivity (Wildman–Crippen MR) is 124 cm³/mol. The fraction of sp³-hybridized carbons (Fsp3) is 0.320. The number of nitrogens with two attached hydrogens (primary N) is 1. The van der Waals surface area contributed by atoms with Crippen LogP contribution in [0.4, 0.5) is 10.1 Å². The topological polar surface area (TPSA) is 108 Å². The van der Waals surface area contributed by atoms with E-state index < -0.39 is 11.8 Å². The summed E-state index contributed by atoms with van der Waals surface area (Å²) in [5.74, 6) is -1.33. The minimum atomic E-state index is -0.542. The zero-order valence-corrected chi connectivity index (χ0v) is 19.1. The van der Waals surface area contributed by atoms with Crippen LogP contribution in [0.1, 0.15) is 56.9 Å². The van der Waals surface area contributed by atoms with E-state index in [2.05, 4.69) is 10.4 Å². The van der Waals surface area contributed by atoms with Gasteiger partial charge in [-0.1, -0.05) is 18.2 Å². The van der Waals surface area contributed by atoms with Crippen molar-refractivity contribution in [1.82, 2.24) is 15.1 Å². The first kappa shape index (κ1) is 23.4. The Balaban J connectivity index is 1.55. The minimum Gasteiger partial charge on any atom is -0.461 e. The van der Waals surface area contributed by atoms with E-state index >= 15 is 0 Å². The number of carbonyl (C=O) groups is 2. The van der Waals surface area contributed by atoms with Crippen LogP contribution in [-0.4, -0.2) is 41.5 Å². The zero-order valence-electron chi connectivity index (χ0n) is 19.1. The van der Waals surface area contributed by atoms with E-state index in [4.69, 9.17) is 15.2 Å². The zero-order chi connectivity index (χ0) is 24.2. The number of nitrogens with one attached hydrogen (secondary N) is 1. The van der Waals surface area contributed by atoms with E-state index in [9.17, 15) is 14.0 Å². The Morgan fingerprint density at radius 3 is 2.71 bits per heavy atom. The Kier molecular flexibility index (Phi) is 6.93. The summed E-state index contributed by atoms with van der Waals surface area (Å²) in [5, 5.41) is 7.44. The van der Waals surface area contributed by atoms with Crippen molar-refractivity contribution in [2.75, 3.05) is 25.6 Å². The van der Waals surface area contributed by atoms with Crippen LogP contribution in [0.25, 0.3) is 5.69 Å². The highest BCUT2D eigenvalue weighted by Crippen LogP contribution is 2.32. The number of halogens is 1. The van der Waals surface area contributed by atoms with Crippen molar-refractivity contribution in [3.8, 4) is 5.69 Å². The van der Waals surface area contributed by atoms with Crippen LogP contribution in [-0.2, 0) is 16.0 Å². The SMILES string of the molecule is CCOC(=O)c1c(N)c(C2CCOC2)nn1-c1ccc(CNC(=O)c2cc(F)ccc2C)cc1. The molecule has 0 spiro atoms. The maximum atomic E-state index is 13.5. The molecule has 1 aliphatic rings. The molecule has 0 radical (unpaired) electrons. The van der Waals surface area contributed by atoms with Gasteiger partial charge in [0.1, 0.15) is 5.82 Å². The molecule has 2 heterocycles. The first-order chi connectivity index (χ1) is 16.4. The average molecular weight is 467 g/mol. The quantitative estimate of drug-likeness (QED) is 0.516. The summed E-state index contributed by atoms with van der Waals surface area (Å²) >= 11 is 0. The van der Waals surface area contributed by atoms with Gasteiger partial charge >= 0.3 is 5.97 Å². The Bertz CT molecular complexity index is 1200. The van der Waals surface area contributed by atoms with Crippen LogP contribution in [0.15, 0.2) is 42.5 Å². The molecule has 1 unspecified atom stereocenters. The molecule has 9 heteroatoms. The molecule has 2 aromatic carbocycles. The minimum absolute atomic E-state index is 0.0233. The summed E-state index contributed by atoms with van der Waals surface area (Å²) < 4.78 is 25.7. The monoisotopic (exact) mass is 466 g/mol. The number of amides is 1. The molecule has 1 fully saturated rings. The molecule has 3 N–H and O–H groups in total. The number of benzene rings is 2. The largest absolute Gasteiger partial charge is 0.461 e. The molecule has 0 aliphatic carbocycles. The Hall–Kier alpha value is -3.72. The molecule has 34 heavy (non-hydrogen) atoms. The lowest BCUT2D eigenvalue weighted by Crippen LogP contribution is -2.23. The van der Waals surface area contributed by atoms with E-state index in [1.54, 1.807) is 32.0 Å². The second kappa shape index (κ2) is 10.0. The van der Waals surface area contributed by atoms with Gasteiger partial charge in [-0.25, -0.2) is 13.9 Å². The van der Waals surface area contributed by atoms with Gasteiger partial charge in [-0.05, 0) is 55.7 Å². The fourth-order valence-corrected chi connectivity index (χ4v) is 3.95. The van der Waals surface area contributed by atoms with Crippen molar-refractivity contribution < 1.29 is 23.5 Å². The highest BCUT2D eigenvalue weighted by molar-refractivity contribution is 5.96. The number of esters is 1. The van der Waals surface area contributed by atoms with Crippen molar-refractivity contribution in [2.24, 2.45) is 0 Å². The van der Waals surface area contributed by atoms with E-state index in [-0.39, 0.29) is 30.7 Å². The van der Waals surface area contributed by atoms with Crippen LogP contribution < -0.4 is 11.1 Å². The number of aromatic nitrogens is 2. The molecule has 1 atom stereocenters. The lowest BCUT2D eigenvalue weighted by molar-refractivity contribution is 0.0517. The number of aryl methyl sites for hydroxylation is 1. The van der Waals surface area contributed by atoms with Gasteiger partial charge in [-0.15, -0.1) is 0 Å². The molecule has 1 aliphatic heterocycles. The standard InChI is InChI=1S/C25H27FN4O4/c1-3-34-25(32)23-21(27)22(17-10-11-33-14-17)29-30(23)19-8-5-16(6-9-19)13-28-24(31)20-12-18(26)7-4-15(20)2/h4-9,12,17H,3,10-11,13-14,27H2,1-2H3,(H,28,31). The third-order valence-corrected chi connectivity index (χ3v) is 5.81. The Morgan fingerprint density at radius 1 is 1.26 bits per heavy atom. The first-order valence-corrected chi connectivity index (χ1v) is 11.2. The molecule has 3 aromatic rings. The average Bonchev–Trinajstić information content (AvgIpc) is 3.47. The number of nitrogens with zero attached hydrogens (tertiary/aromatic N) is 2. The van der Waals surface area contributed by atoms with E-state index in [1.165, 1.54) is 16.8 Å². The number of nitrogen functional groups attached to an aromatic ring is 1. The predicted octanol–water partition coefficient (Wildman–Crippen LogP) is 3.51. The van der Waals surface area contributed by atoms with Gasteiger partial charge in [0.15, 0.2) is 5.69 Å². The number of ether oxygens (including phenoxy) is 2. The summed E-state index contributed by atoms with van der Waals surface area (Å²) in [6, 6.07) is 11.3. The van der Waals surface area contributed by atoms with E-state index in [0.29, 0.717) is 41.4 Å². The van der Waals surface area contributed by atoms with Gasteiger partial charge in [0.05, 0.1) is 30.3 Å². The maximum Gasteiger partial charge on any atom is 0.359 e. The lowest BCUT2D eigenvalue weighted by atomic mass is 10.0. The third kappa shape index (κ3) is 4.79. The molecule has 8 nitrogen and oxygen atoms in total. The molecular formula is C25H27FN4O4. The second-order valence-electron chi connectivity index (χ2n) is 8.15. The molecule has 178 valence electrons. The molecule has 0 bridgehead atoms. The number of anilines is 1. The van der Waals surface area contributed by atoms with Crippen molar-refractivity contribution in [1.29, 1.82) is 0 Å². The van der Waals surface area contributed by atoms with Crippen LogP contribution in [0, 0.1) is 12.7 Å². The normalized spacial score (nSPS) is 15.3. The second-order valence-corrected chi connectivity index (χ2v) is 8.15. The van der Waals surface area contributed by atoms with Crippen LogP contribution in [0.3, 0.4) is 0 Å².